The number of methoxy groups -OCH3 is 3. The first kappa shape index (κ1) is 66.8. The maximum absolute atomic E-state index is 7.82. The van der Waals surface area contributed by atoms with Crippen molar-refractivity contribution >= 4 is 40.9 Å². The summed E-state index contributed by atoms with van der Waals surface area (Å²) in [6, 6.07) is 25.7. The van der Waals surface area contributed by atoms with E-state index in [0.717, 1.165) is 133 Å². The Bertz CT molecular complexity index is 1940. The molecule has 0 bridgehead atoms. The zero-order valence-electron chi connectivity index (χ0n) is 50.4. The van der Waals surface area contributed by atoms with Crippen LogP contribution in [0.3, 0.4) is 0 Å². The molecule has 2 aliphatic rings. The summed E-state index contributed by atoms with van der Waals surface area (Å²) in [5.41, 5.74) is 3.45. The molecule has 14 heteroatoms. The van der Waals surface area contributed by atoms with E-state index >= 15 is 0 Å². The molecule has 2 heterocycles. The van der Waals surface area contributed by atoms with Crippen molar-refractivity contribution in [1.29, 1.82) is 0 Å². The monoisotopic (exact) mass is 1170 g/mol. The largest absolute Gasteiger partial charge is 0.497 e. The van der Waals surface area contributed by atoms with Gasteiger partial charge in [0.25, 0.3) is 0 Å². The van der Waals surface area contributed by atoms with Crippen LogP contribution in [0.4, 0.5) is 0 Å². The van der Waals surface area contributed by atoms with E-state index in [1.807, 2.05) is 31.4 Å². The lowest BCUT2D eigenvalue weighted by molar-refractivity contribution is -0.342. The molecular formula is C62H107BrO10Si3. The Morgan fingerprint density at radius 2 is 1.21 bits per heavy atom. The fourth-order valence-electron chi connectivity index (χ4n) is 11.9. The summed E-state index contributed by atoms with van der Waals surface area (Å²) in [6.45, 7) is 33.0. The molecule has 2 aromatic rings. The zero-order chi connectivity index (χ0) is 55.9. The second kappa shape index (κ2) is 33.3. The van der Waals surface area contributed by atoms with E-state index in [4.69, 9.17) is 46.4 Å². The van der Waals surface area contributed by atoms with Crippen LogP contribution in [0, 0.1) is 5.92 Å². The highest BCUT2D eigenvalue weighted by Gasteiger charge is 2.57. The lowest BCUT2D eigenvalue weighted by Gasteiger charge is -2.53. The lowest BCUT2D eigenvalue weighted by Crippen LogP contribution is -2.65. The van der Waals surface area contributed by atoms with Crippen molar-refractivity contribution < 1.29 is 46.4 Å². The highest BCUT2D eigenvalue weighted by molar-refractivity contribution is 9.11. The molecule has 10 nitrogen and oxygen atoms in total. The van der Waals surface area contributed by atoms with Gasteiger partial charge in [0, 0.05) is 23.9 Å². The van der Waals surface area contributed by atoms with Gasteiger partial charge in [-0.05, 0) is 142 Å². The molecule has 4 rings (SSSR count). The summed E-state index contributed by atoms with van der Waals surface area (Å²) >= 11 is 3.82. The number of hydrogen-bond acceptors (Lipinski definition) is 10. The molecule has 2 fully saturated rings. The third kappa shape index (κ3) is 18.7. The second-order valence-corrected chi connectivity index (χ2v) is 37.4. The second-order valence-electron chi connectivity index (χ2n) is 22.2. The number of rotatable bonds is 38. The van der Waals surface area contributed by atoms with Gasteiger partial charge >= 0.3 is 0 Å². The Kier molecular flexibility index (Phi) is 29.3. The summed E-state index contributed by atoms with van der Waals surface area (Å²) in [5.74, 6) is 0.577. The normalized spacial score (nSPS) is 22.8. The van der Waals surface area contributed by atoms with Gasteiger partial charge in [0.05, 0.1) is 64.1 Å². The molecule has 2 saturated heterocycles. The molecule has 0 amide bonds. The molecule has 0 spiro atoms. The van der Waals surface area contributed by atoms with Crippen molar-refractivity contribution in [1.82, 2.24) is 0 Å². The Balaban J connectivity index is 1.73. The van der Waals surface area contributed by atoms with Crippen LogP contribution in [0.25, 0.3) is 0 Å². The predicted molar refractivity (Wildman–Crippen MR) is 325 cm³/mol. The first-order valence-corrected chi connectivity index (χ1v) is 38.3. The van der Waals surface area contributed by atoms with Gasteiger partial charge < -0.3 is 46.4 Å². The molecule has 2 aromatic carbocycles. The standard InChI is InChI=1S/C62H107BrO10Si3/c1-17-27-28-56(67-45-50-29-33-52(64-14)34-30-50)57-39-37-54(69-57)43-55-38-40-60(72-75(21-5,22-6)23-7)62(66-16,70-55)61(73-76(24-8,25-9)26-10)42-47(11)41-48(12)58(68-46-51-31-35-53(65-15)36-32-51)44-59(49(13)63)71-74(18-2,19-3)20-4/h29-36,41,48,54-61H,13,17-28,37-40,42-46H2,1-12,14-16H3/b47-41+/t48-,54+,55-,56+,57+,58+,59+,60-,61-,62+/m1/s1. The summed E-state index contributed by atoms with van der Waals surface area (Å²) in [7, 11) is -1.15. The van der Waals surface area contributed by atoms with Crippen molar-refractivity contribution in [2.45, 2.75) is 270 Å². The van der Waals surface area contributed by atoms with Gasteiger partial charge in [-0.15, -0.1) is 0 Å². The minimum atomic E-state index is -2.26. The highest BCUT2D eigenvalue weighted by Crippen LogP contribution is 2.45. The van der Waals surface area contributed by atoms with E-state index in [1.165, 1.54) is 5.57 Å². The first-order chi connectivity index (χ1) is 36.5. The van der Waals surface area contributed by atoms with Crippen LogP contribution in [-0.2, 0) is 50.2 Å². The summed E-state index contributed by atoms with van der Waals surface area (Å²) in [5, 5.41) is 0. The van der Waals surface area contributed by atoms with E-state index < -0.39 is 36.8 Å². The summed E-state index contributed by atoms with van der Waals surface area (Å²) < 4.78 is 69.8. The Hall–Kier alpha value is -1.67. The molecule has 0 radical (unpaired) electrons. The Morgan fingerprint density at radius 3 is 1.70 bits per heavy atom. The van der Waals surface area contributed by atoms with E-state index in [9.17, 15) is 0 Å². The molecule has 0 saturated carbocycles. The maximum atomic E-state index is 7.82. The number of unbranched alkanes of at least 4 members (excludes halogenated alkanes) is 1. The molecule has 0 aromatic heterocycles. The smallest absolute Gasteiger partial charge is 0.219 e. The number of benzene rings is 2. The molecule has 0 unspecified atom stereocenters. The van der Waals surface area contributed by atoms with Crippen molar-refractivity contribution in [2.75, 3.05) is 21.3 Å². The molecule has 2 aliphatic heterocycles. The van der Waals surface area contributed by atoms with Crippen molar-refractivity contribution in [3.63, 3.8) is 0 Å². The third-order valence-corrected chi connectivity index (χ3v) is 32.4. The van der Waals surface area contributed by atoms with Gasteiger partial charge in [0.1, 0.15) is 23.7 Å². The zero-order valence-corrected chi connectivity index (χ0v) is 55.0. The van der Waals surface area contributed by atoms with Crippen molar-refractivity contribution in [3.05, 3.63) is 82.4 Å². The first-order valence-electron chi connectivity index (χ1n) is 29.9. The maximum Gasteiger partial charge on any atom is 0.219 e. The molecule has 434 valence electrons. The molecule has 0 aliphatic carbocycles. The van der Waals surface area contributed by atoms with Gasteiger partial charge in [0.2, 0.25) is 5.79 Å². The molecule has 0 N–H and O–H groups in total. The van der Waals surface area contributed by atoms with Crippen LogP contribution in [0.15, 0.2) is 71.2 Å². The van der Waals surface area contributed by atoms with E-state index in [2.05, 4.69) is 136 Å². The average molecular weight is 1180 g/mol. The van der Waals surface area contributed by atoms with Crippen LogP contribution in [-0.4, -0.2) is 101 Å². The Morgan fingerprint density at radius 1 is 0.697 bits per heavy atom. The fourth-order valence-corrected chi connectivity index (χ4v) is 20.9. The molecule has 10 atom stereocenters. The van der Waals surface area contributed by atoms with Crippen molar-refractivity contribution in [3.8, 4) is 11.5 Å². The van der Waals surface area contributed by atoms with Crippen LogP contribution >= 0.6 is 15.9 Å². The third-order valence-electron chi connectivity index (χ3n) is 17.9. The highest BCUT2D eigenvalue weighted by atomic mass is 79.9. The van der Waals surface area contributed by atoms with Crippen LogP contribution in [0.1, 0.15) is 158 Å². The SMILES string of the molecule is C=C(Br)[C@H](C[C@H](OCc1ccc(OC)cc1)[C@H](C)/C=C(\C)C[C@@H](O[Si](CC)(CC)CC)[C@@]1(OC)O[C@@H](C[C@@H]2CC[C@@H]([C@H](CCCC)OCc3ccc(OC)cc3)O2)CC[C@H]1O[Si](CC)(CC)CC)O[Si](CC)(CC)CC. The number of halogens is 1. The van der Waals surface area contributed by atoms with Crippen LogP contribution < -0.4 is 9.47 Å². The quantitative estimate of drug-likeness (QED) is 0.0478. The van der Waals surface area contributed by atoms with E-state index in [-0.39, 0.29) is 48.6 Å². The number of hydrogen-bond donors (Lipinski definition) is 0. The van der Waals surface area contributed by atoms with Gasteiger partial charge in [-0.1, -0.05) is 147 Å². The van der Waals surface area contributed by atoms with Crippen LogP contribution in [0.5, 0.6) is 11.5 Å². The van der Waals surface area contributed by atoms with Crippen LogP contribution in [0.2, 0.25) is 54.4 Å². The fraction of sp³-hybridized carbons (Fsp3) is 0.742. The predicted octanol–water partition coefficient (Wildman–Crippen LogP) is 17.3. The minimum absolute atomic E-state index is 0.0270. The topological polar surface area (TPSA) is 92.3 Å². The van der Waals surface area contributed by atoms with E-state index in [0.29, 0.717) is 26.1 Å². The van der Waals surface area contributed by atoms with Gasteiger partial charge in [-0.2, -0.15) is 0 Å². The average Bonchev–Trinajstić information content (AvgIpc) is 3.92. The summed E-state index contributed by atoms with van der Waals surface area (Å²) in [6.07, 6.45) is 10.4. The molecule has 76 heavy (non-hydrogen) atoms. The van der Waals surface area contributed by atoms with Gasteiger partial charge in [-0.25, -0.2) is 0 Å². The number of ether oxygens (including phenoxy) is 7. The Labute approximate surface area is 475 Å². The molecular weight excluding hydrogens is 1070 g/mol. The lowest BCUT2D eigenvalue weighted by atomic mass is 9.88. The van der Waals surface area contributed by atoms with Gasteiger partial charge in [0.15, 0.2) is 25.0 Å². The van der Waals surface area contributed by atoms with Gasteiger partial charge in [-0.3, -0.25) is 0 Å². The van der Waals surface area contributed by atoms with Crippen molar-refractivity contribution in [2.24, 2.45) is 5.92 Å². The minimum Gasteiger partial charge on any atom is -0.497 e. The van der Waals surface area contributed by atoms with E-state index in [1.54, 1.807) is 14.2 Å². The summed E-state index contributed by atoms with van der Waals surface area (Å²) in [4.78, 5) is 0.